The van der Waals surface area contributed by atoms with Gasteiger partial charge in [-0.05, 0) is 18.2 Å². The van der Waals surface area contributed by atoms with Gasteiger partial charge in [-0.1, -0.05) is 35.5 Å². The Kier molecular flexibility index (Phi) is 2.55. The lowest BCUT2D eigenvalue weighted by molar-refractivity contribution is -0.137. The molecule has 0 spiro atoms. The number of halogens is 3. The molecule has 19 heavy (non-hydrogen) atoms. The molecule has 0 saturated heterocycles. The molecule has 0 atom stereocenters. The summed E-state index contributed by atoms with van der Waals surface area (Å²) in [5.41, 5.74) is 0.256. The minimum absolute atomic E-state index is 0.202. The van der Waals surface area contributed by atoms with Crippen molar-refractivity contribution < 1.29 is 17.7 Å². The first-order chi connectivity index (χ1) is 9.05. The van der Waals surface area contributed by atoms with E-state index in [0.717, 1.165) is 17.7 Å². The molecule has 0 aliphatic carbocycles. The van der Waals surface area contributed by atoms with E-state index in [1.165, 1.54) is 6.07 Å². The molecule has 3 rings (SSSR count). The van der Waals surface area contributed by atoms with Gasteiger partial charge < -0.3 is 4.52 Å². The maximum atomic E-state index is 12.6. The number of hydrogen-bond donors (Lipinski definition) is 0. The van der Waals surface area contributed by atoms with Crippen molar-refractivity contribution in [2.75, 3.05) is 0 Å². The van der Waals surface area contributed by atoms with Gasteiger partial charge in [0.1, 0.15) is 5.52 Å². The number of fused-ring (bicyclic) bond motifs is 1. The molecule has 0 saturated carbocycles. The van der Waals surface area contributed by atoms with Gasteiger partial charge in [-0.15, -0.1) is 0 Å². The van der Waals surface area contributed by atoms with Crippen LogP contribution in [0.5, 0.6) is 0 Å². The quantitative estimate of drug-likeness (QED) is 0.645. The molecule has 5 heteroatoms. The zero-order chi connectivity index (χ0) is 13.5. The van der Waals surface area contributed by atoms with Crippen LogP contribution < -0.4 is 0 Å². The maximum Gasteiger partial charge on any atom is 0.416 e. The van der Waals surface area contributed by atoms with E-state index in [1.54, 1.807) is 0 Å². The van der Waals surface area contributed by atoms with Gasteiger partial charge in [-0.2, -0.15) is 13.2 Å². The van der Waals surface area contributed by atoms with Crippen LogP contribution in [0, 0.1) is 0 Å². The summed E-state index contributed by atoms with van der Waals surface area (Å²) >= 11 is 0. The number of alkyl halides is 3. The minimum Gasteiger partial charge on any atom is -0.355 e. The second kappa shape index (κ2) is 4.12. The smallest absolute Gasteiger partial charge is 0.355 e. The van der Waals surface area contributed by atoms with Crippen molar-refractivity contribution in [2.45, 2.75) is 6.18 Å². The van der Waals surface area contributed by atoms with Crippen molar-refractivity contribution in [3.63, 3.8) is 0 Å². The fourth-order valence-electron chi connectivity index (χ4n) is 1.92. The highest BCUT2D eigenvalue weighted by Crippen LogP contribution is 2.34. The second-order valence-electron chi connectivity index (χ2n) is 4.11. The van der Waals surface area contributed by atoms with E-state index in [0.29, 0.717) is 11.1 Å². The normalized spacial score (nSPS) is 11.9. The largest absolute Gasteiger partial charge is 0.416 e. The standard InChI is InChI=1S/C14H8F3NO/c15-14(16,17)10-6-7-11-12(8-10)18-19-13(11)9-4-2-1-3-5-9/h1-8H. The Labute approximate surface area is 106 Å². The van der Waals surface area contributed by atoms with Gasteiger partial charge in [0.25, 0.3) is 0 Å². The van der Waals surface area contributed by atoms with E-state index in [2.05, 4.69) is 5.16 Å². The Hall–Kier alpha value is -2.30. The van der Waals surface area contributed by atoms with Gasteiger partial charge in [-0.25, -0.2) is 0 Å². The summed E-state index contributed by atoms with van der Waals surface area (Å²) in [6.45, 7) is 0. The lowest BCUT2D eigenvalue weighted by atomic mass is 10.1. The van der Waals surface area contributed by atoms with Crippen LogP contribution in [-0.4, -0.2) is 5.16 Å². The molecule has 0 bridgehead atoms. The first-order valence-electron chi connectivity index (χ1n) is 5.58. The van der Waals surface area contributed by atoms with E-state index in [4.69, 9.17) is 4.52 Å². The van der Waals surface area contributed by atoms with Crippen LogP contribution in [0.3, 0.4) is 0 Å². The summed E-state index contributed by atoms with van der Waals surface area (Å²) in [6, 6.07) is 12.6. The Bertz CT molecular complexity index is 716. The van der Waals surface area contributed by atoms with E-state index < -0.39 is 11.7 Å². The summed E-state index contributed by atoms with van der Waals surface area (Å²) in [5.74, 6) is 0.476. The Balaban J connectivity index is 2.16. The number of rotatable bonds is 1. The van der Waals surface area contributed by atoms with Crippen molar-refractivity contribution in [3.05, 3.63) is 54.1 Å². The molecule has 0 radical (unpaired) electrons. The lowest BCUT2D eigenvalue weighted by Gasteiger charge is -2.05. The number of aromatic nitrogens is 1. The molecule has 1 aromatic heterocycles. The molecule has 0 aliphatic heterocycles. The predicted octanol–water partition coefficient (Wildman–Crippen LogP) is 4.51. The summed E-state index contributed by atoms with van der Waals surface area (Å²) < 4.78 is 42.9. The monoisotopic (exact) mass is 263 g/mol. The lowest BCUT2D eigenvalue weighted by Crippen LogP contribution is -2.04. The average molecular weight is 263 g/mol. The third kappa shape index (κ3) is 2.07. The Morgan fingerprint density at radius 2 is 1.68 bits per heavy atom. The molecule has 0 amide bonds. The number of hydrogen-bond acceptors (Lipinski definition) is 2. The second-order valence-corrected chi connectivity index (χ2v) is 4.11. The van der Waals surface area contributed by atoms with Gasteiger partial charge in [0, 0.05) is 10.9 Å². The number of nitrogens with zero attached hydrogens (tertiary/aromatic N) is 1. The fourth-order valence-corrected chi connectivity index (χ4v) is 1.92. The molecular weight excluding hydrogens is 255 g/mol. The zero-order valence-corrected chi connectivity index (χ0v) is 9.61. The third-order valence-electron chi connectivity index (χ3n) is 2.84. The average Bonchev–Trinajstić information content (AvgIpc) is 2.81. The molecular formula is C14H8F3NO. The molecule has 0 N–H and O–H groups in total. The maximum absolute atomic E-state index is 12.6. The summed E-state index contributed by atoms with van der Waals surface area (Å²) in [7, 11) is 0. The molecule has 0 aliphatic rings. The highest BCUT2D eigenvalue weighted by molar-refractivity contribution is 5.91. The molecule has 1 heterocycles. The SMILES string of the molecule is FC(F)(F)c1ccc2c(-c3ccccc3)onc2c1. The minimum atomic E-state index is -4.37. The van der Waals surface area contributed by atoms with Crippen LogP contribution in [-0.2, 0) is 6.18 Å². The van der Waals surface area contributed by atoms with Crippen molar-refractivity contribution in [2.24, 2.45) is 0 Å². The Morgan fingerprint density at radius 1 is 0.947 bits per heavy atom. The predicted molar refractivity (Wildman–Crippen MR) is 64.4 cm³/mol. The van der Waals surface area contributed by atoms with Crippen LogP contribution in [0.1, 0.15) is 5.56 Å². The van der Waals surface area contributed by atoms with Crippen LogP contribution in [0.25, 0.3) is 22.2 Å². The van der Waals surface area contributed by atoms with E-state index in [1.807, 2.05) is 30.3 Å². The Morgan fingerprint density at radius 3 is 2.37 bits per heavy atom. The summed E-state index contributed by atoms with van der Waals surface area (Å²) in [5, 5.41) is 4.26. The molecule has 0 unspecified atom stereocenters. The summed E-state index contributed by atoms with van der Waals surface area (Å²) in [6.07, 6.45) is -4.37. The van der Waals surface area contributed by atoms with Gasteiger partial charge in [0.2, 0.25) is 0 Å². The van der Waals surface area contributed by atoms with Crippen molar-refractivity contribution in [1.82, 2.24) is 5.16 Å². The topological polar surface area (TPSA) is 26.0 Å². The van der Waals surface area contributed by atoms with Gasteiger partial charge >= 0.3 is 6.18 Å². The number of benzene rings is 2. The van der Waals surface area contributed by atoms with Crippen molar-refractivity contribution in [1.29, 1.82) is 0 Å². The van der Waals surface area contributed by atoms with Crippen molar-refractivity contribution in [3.8, 4) is 11.3 Å². The van der Waals surface area contributed by atoms with Crippen molar-refractivity contribution >= 4 is 10.9 Å². The van der Waals surface area contributed by atoms with Crippen LogP contribution in [0.2, 0.25) is 0 Å². The van der Waals surface area contributed by atoms with E-state index in [-0.39, 0.29) is 5.52 Å². The molecule has 2 aromatic carbocycles. The van der Waals surface area contributed by atoms with Crippen LogP contribution >= 0.6 is 0 Å². The first-order valence-corrected chi connectivity index (χ1v) is 5.58. The third-order valence-corrected chi connectivity index (χ3v) is 2.84. The molecule has 96 valence electrons. The van der Waals surface area contributed by atoms with Gasteiger partial charge in [0.15, 0.2) is 5.76 Å². The van der Waals surface area contributed by atoms with Crippen LogP contribution in [0.15, 0.2) is 53.1 Å². The fraction of sp³-hybridized carbons (Fsp3) is 0.0714. The highest BCUT2D eigenvalue weighted by atomic mass is 19.4. The molecule has 2 nitrogen and oxygen atoms in total. The highest BCUT2D eigenvalue weighted by Gasteiger charge is 2.31. The van der Waals surface area contributed by atoms with Gasteiger partial charge in [0.05, 0.1) is 5.56 Å². The molecule has 3 aromatic rings. The summed E-state index contributed by atoms with van der Waals surface area (Å²) in [4.78, 5) is 0. The first kappa shape index (κ1) is 11.8. The van der Waals surface area contributed by atoms with E-state index in [9.17, 15) is 13.2 Å². The van der Waals surface area contributed by atoms with E-state index >= 15 is 0 Å². The van der Waals surface area contributed by atoms with Crippen LogP contribution in [0.4, 0.5) is 13.2 Å². The zero-order valence-electron chi connectivity index (χ0n) is 9.61. The molecule has 0 fully saturated rings. The van der Waals surface area contributed by atoms with Gasteiger partial charge in [-0.3, -0.25) is 0 Å².